The van der Waals surface area contributed by atoms with E-state index < -0.39 is 47.2 Å². The maximum Gasteiger partial charge on any atom is 0.315 e. The van der Waals surface area contributed by atoms with Gasteiger partial charge in [0.05, 0.1) is 12.6 Å². The molecule has 40 heavy (non-hydrogen) atoms. The second-order valence-corrected chi connectivity index (χ2v) is 14.6. The number of nitrogens with two attached hydrogens (primary N) is 1. The number of Topliss-reactive ketones (excluding diaryl/α,β-unsaturated/α-hetero) is 1. The minimum absolute atomic E-state index is 0.0939. The maximum atomic E-state index is 14.1. The van der Waals surface area contributed by atoms with Crippen molar-refractivity contribution in [3.8, 4) is 0 Å². The molecule has 3 aliphatic rings. The molecular formula is C29H49N5O6. The number of nitrogens with one attached hydrogen (secondary N) is 3. The number of methoxy groups -OCH3 is 1. The summed E-state index contributed by atoms with van der Waals surface area (Å²) in [6, 6.07) is -3.51. The maximum absolute atomic E-state index is 14.1. The molecule has 11 nitrogen and oxygen atoms in total. The fourth-order valence-corrected chi connectivity index (χ4v) is 6.20. The minimum Gasteiger partial charge on any atom is -0.383 e. The molecule has 1 aliphatic heterocycles. The number of hydrogen-bond acceptors (Lipinski definition) is 6. The lowest BCUT2D eigenvalue weighted by Gasteiger charge is -2.39. The number of amides is 5. The molecule has 2 aliphatic carbocycles. The molecule has 11 heteroatoms. The van der Waals surface area contributed by atoms with Gasteiger partial charge in [0.1, 0.15) is 18.1 Å². The van der Waals surface area contributed by atoms with Crippen LogP contribution in [0.25, 0.3) is 0 Å². The predicted octanol–water partition coefficient (Wildman–Crippen LogP) is 1.58. The van der Waals surface area contributed by atoms with Crippen LogP contribution < -0.4 is 21.7 Å². The summed E-state index contributed by atoms with van der Waals surface area (Å²) in [6.45, 7) is 16.4. The van der Waals surface area contributed by atoms with Crippen LogP contribution >= 0.6 is 0 Å². The highest BCUT2D eigenvalue weighted by Gasteiger charge is 2.70. The molecule has 5 amide bonds. The van der Waals surface area contributed by atoms with Crippen molar-refractivity contribution in [2.45, 2.75) is 98.8 Å². The smallest absolute Gasteiger partial charge is 0.315 e. The zero-order chi connectivity index (χ0) is 30.4. The summed E-state index contributed by atoms with van der Waals surface area (Å²) in [6.07, 6.45) is 2.35. The van der Waals surface area contributed by atoms with E-state index >= 15 is 0 Å². The van der Waals surface area contributed by atoms with Crippen molar-refractivity contribution in [1.82, 2.24) is 20.9 Å². The highest BCUT2D eigenvalue weighted by molar-refractivity contribution is 6.38. The molecule has 0 radical (unpaired) electrons. The van der Waals surface area contributed by atoms with Gasteiger partial charge < -0.3 is 31.3 Å². The Kier molecular flexibility index (Phi) is 8.99. The first-order valence-electron chi connectivity index (χ1n) is 14.3. The molecule has 0 aromatic carbocycles. The van der Waals surface area contributed by atoms with Crippen molar-refractivity contribution in [3.63, 3.8) is 0 Å². The number of hydrogen-bond donors (Lipinski definition) is 4. The van der Waals surface area contributed by atoms with E-state index in [0.717, 1.165) is 19.3 Å². The van der Waals surface area contributed by atoms with E-state index in [1.165, 1.54) is 0 Å². The lowest BCUT2D eigenvalue weighted by Crippen LogP contribution is -2.63. The first-order chi connectivity index (χ1) is 18.3. The third kappa shape index (κ3) is 6.44. The number of primary amides is 1. The Labute approximate surface area is 238 Å². The van der Waals surface area contributed by atoms with Crippen LogP contribution in [0.1, 0.15) is 74.7 Å². The largest absolute Gasteiger partial charge is 0.383 e. The van der Waals surface area contributed by atoms with Crippen LogP contribution in [-0.2, 0) is 23.9 Å². The lowest BCUT2D eigenvalue weighted by atomic mass is 9.78. The first-order valence-corrected chi connectivity index (χ1v) is 14.3. The second-order valence-electron chi connectivity index (χ2n) is 14.6. The summed E-state index contributed by atoms with van der Waals surface area (Å²) in [4.78, 5) is 66.9. The molecule has 2 saturated carbocycles. The average molecular weight is 564 g/mol. The summed E-state index contributed by atoms with van der Waals surface area (Å²) in [5, 5.41) is 8.61. The molecule has 3 rings (SSSR count). The van der Waals surface area contributed by atoms with Gasteiger partial charge in [0.15, 0.2) is 0 Å². The van der Waals surface area contributed by atoms with E-state index in [9.17, 15) is 24.0 Å². The number of fused-ring (bicyclic) bond motifs is 1. The van der Waals surface area contributed by atoms with Crippen molar-refractivity contribution >= 4 is 29.5 Å². The zero-order valence-electron chi connectivity index (χ0n) is 25.6. The van der Waals surface area contributed by atoms with Crippen LogP contribution in [0.15, 0.2) is 0 Å². The lowest BCUT2D eigenvalue weighted by molar-refractivity contribution is -0.145. The molecular weight excluding hydrogens is 514 g/mol. The summed E-state index contributed by atoms with van der Waals surface area (Å²) in [5.41, 5.74) is 4.20. The fourth-order valence-electron chi connectivity index (χ4n) is 6.20. The summed E-state index contributed by atoms with van der Waals surface area (Å²) in [5.74, 6) is -2.82. The number of ketones is 1. The molecule has 1 saturated heterocycles. The van der Waals surface area contributed by atoms with Gasteiger partial charge >= 0.3 is 6.03 Å². The standard InChI is InChI=1S/C29H49N5O6/c1-27(2,3)17(14-40-9)31-26(39)33-22(28(4,5)6)25(38)34-13-16-18(29(16,7)8)20(34)24(37)32-19(15-11-10-12-15)21(35)23(30)36/h15-20,22H,10-14H2,1-9H3,(H2,30,36)(H,32,37)(H2,31,33,39)/t16-,17+,18-,19?,20-,22+/m0/s1. The highest BCUT2D eigenvalue weighted by Crippen LogP contribution is 2.65. The number of carbonyl (C=O) groups excluding carboxylic acids is 5. The molecule has 1 unspecified atom stereocenters. The van der Waals surface area contributed by atoms with Crippen LogP contribution in [0.5, 0.6) is 0 Å². The van der Waals surface area contributed by atoms with Crippen molar-refractivity contribution in [1.29, 1.82) is 0 Å². The quantitative estimate of drug-likeness (QED) is 0.295. The number of carbonyl (C=O) groups is 5. The topological polar surface area (TPSA) is 160 Å². The van der Waals surface area contributed by atoms with Gasteiger partial charge in [-0.2, -0.15) is 0 Å². The van der Waals surface area contributed by atoms with Crippen molar-refractivity contribution in [2.75, 3.05) is 20.3 Å². The SMILES string of the molecule is COC[C@@H](NC(=O)N[C@H](C(=O)N1C[C@H]2[C@@H]([C@H]1C(=O)NC(C(=O)C(N)=O)C1CCC1)C2(C)C)C(C)(C)C)C(C)(C)C. The average Bonchev–Trinajstić information content (AvgIpc) is 3.12. The Morgan fingerprint density at radius 3 is 2.02 bits per heavy atom. The van der Waals surface area contributed by atoms with Crippen molar-refractivity contribution in [2.24, 2.45) is 39.7 Å². The number of urea groups is 1. The van der Waals surface area contributed by atoms with Gasteiger partial charge in [-0.15, -0.1) is 0 Å². The van der Waals surface area contributed by atoms with Gasteiger partial charge in [-0.3, -0.25) is 19.2 Å². The Morgan fingerprint density at radius 2 is 1.57 bits per heavy atom. The Balaban J connectivity index is 1.83. The number of ether oxygens (including phenoxy) is 1. The van der Waals surface area contributed by atoms with Gasteiger partial charge in [0.2, 0.25) is 17.6 Å². The van der Waals surface area contributed by atoms with E-state index in [2.05, 4.69) is 29.8 Å². The van der Waals surface area contributed by atoms with Crippen molar-refractivity contribution in [3.05, 3.63) is 0 Å². The molecule has 0 bridgehead atoms. The molecule has 0 spiro atoms. The molecule has 0 aromatic rings. The summed E-state index contributed by atoms with van der Waals surface area (Å²) in [7, 11) is 1.57. The van der Waals surface area contributed by atoms with Gasteiger partial charge in [0, 0.05) is 13.7 Å². The minimum atomic E-state index is -1.08. The van der Waals surface area contributed by atoms with Gasteiger partial charge in [-0.05, 0) is 46.8 Å². The van der Waals surface area contributed by atoms with Gasteiger partial charge in [-0.25, -0.2) is 4.79 Å². The van der Waals surface area contributed by atoms with Crippen LogP contribution in [0, 0.1) is 34.0 Å². The molecule has 3 fully saturated rings. The van der Waals surface area contributed by atoms with Crippen LogP contribution in [0.3, 0.4) is 0 Å². The second kappa shape index (κ2) is 11.3. The third-order valence-electron chi connectivity index (χ3n) is 9.28. The Bertz CT molecular complexity index is 1020. The summed E-state index contributed by atoms with van der Waals surface area (Å²) >= 11 is 0. The fraction of sp³-hybridized carbons (Fsp3) is 0.828. The number of nitrogens with zero attached hydrogens (tertiary/aromatic N) is 1. The van der Waals surface area contributed by atoms with E-state index in [1.54, 1.807) is 12.0 Å². The van der Waals surface area contributed by atoms with Crippen LogP contribution in [-0.4, -0.2) is 78.9 Å². The molecule has 1 heterocycles. The summed E-state index contributed by atoms with van der Waals surface area (Å²) < 4.78 is 5.29. The molecule has 0 aromatic heterocycles. The first kappa shape index (κ1) is 31.8. The zero-order valence-corrected chi connectivity index (χ0v) is 25.6. The number of piperidine rings is 1. The van der Waals surface area contributed by atoms with E-state index in [0.29, 0.717) is 13.2 Å². The third-order valence-corrected chi connectivity index (χ3v) is 9.28. The predicted molar refractivity (Wildman–Crippen MR) is 150 cm³/mol. The Morgan fingerprint density at radius 1 is 0.975 bits per heavy atom. The van der Waals surface area contributed by atoms with Gasteiger partial charge in [0.25, 0.3) is 5.91 Å². The molecule has 6 atom stereocenters. The van der Waals surface area contributed by atoms with Crippen LogP contribution in [0.2, 0.25) is 0 Å². The molecule has 5 N–H and O–H groups in total. The molecule has 226 valence electrons. The van der Waals surface area contributed by atoms with E-state index in [1.807, 2.05) is 41.5 Å². The Hall–Kier alpha value is -2.69. The number of likely N-dealkylation sites (tertiary alicyclic amines) is 1. The van der Waals surface area contributed by atoms with E-state index in [-0.39, 0.29) is 40.5 Å². The van der Waals surface area contributed by atoms with Gasteiger partial charge in [-0.1, -0.05) is 61.8 Å². The van der Waals surface area contributed by atoms with E-state index in [4.69, 9.17) is 10.5 Å². The number of rotatable bonds is 10. The van der Waals surface area contributed by atoms with Crippen LogP contribution in [0.4, 0.5) is 4.79 Å². The monoisotopic (exact) mass is 563 g/mol. The van der Waals surface area contributed by atoms with Crippen molar-refractivity contribution < 1.29 is 28.7 Å². The normalized spacial score (nSPS) is 26.0. The highest BCUT2D eigenvalue weighted by atomic mass is 16.5.